The minimum atomic E-state index is -3.12. The Labute approximate surface area is 160 Å². The maximum absolute atomic E-state index is 11.9. The van der Waals surface area contributed by atoms with Gasteiger partial charge >= 0.3 is 0 Å². The molecule has 1 unspecified atom stereocenters. The number of benzene rings is 3. The van der Waals surface area contributed by atoms with Crippen molar-refractivity contribution in [1.29, 1.82) is 0 Å². The van der Waals surface area contributed by atoms with Gasteiger partial charge in [-0.05, 0) is 12.5 Å². The number of hydrogen-bond donors (Lipinski definition) is 3. The van der Waals surface area contributed by atoms with Crippen LogP contribution in [0.5, 0.6) is 0 Å². The largest absolute Gasteiger partial charge is 0.380 e. The number of carbonyl (C=O) groups excluding carboxylic acids is 1. The first kappa shape index (κ1) is 22.2. The van der Waals surface area contributed by atoms with Crippen LogP contribution in [0.2, 0.25) is 0 Å². The van der Waals surface area contributed by atoms with Crippen LogP contribution in [0.25, 0.3) is 0 Å². The third-order valence-electron chi connectivity index (χ3n) is 3.36. The lowest BCUT2D eigenvalue weighted by atomic mass is 10.0. The summed E-state index contributed by atoms with van der Waals surface area (Å²) in [4.78, 5) is 11.9. The highest BCUT2D eigenvalue weighted by atomic mass is 32.2. The van der Waals surface area contributed by atoms with Crippen molar-refractivity contribution in [3.8, 4) is 0 Å². The van der Waals surface area contributed by atoms with Crippen molar-refractivity contribution in [2.24, 2.45) is 0 Å². The second-order valence-corrected chi connectivity index (χ2v) is 5.91. The Balaban J connectivity index is 0.000000273. The quantitative estimate of drug-likeness (QED) is 0.363. The van der Waals surface area contributed by atoms with E-state index in [0.717, 1.165) is 0 Å². The maximum atomic E-state index is 11.9. The zero-order valence-electron chi connectivity index (χ0n) is 14.8. The van der Waals surface area contributed by atoms with Crippen LogP contribution >= 0.6 is 0 Å². The third-order valence-corrected chi connectivity index (χ3v) is 3.36. The van der Waals surface area contributed by atoms with Gasteiger partial charge in [0.2, 0.25) is 0 Å². The van der Waals surface area contributed by atoms with E-state index in [-0.39, 0.29) is 5.78 Å². The molecule has 0 radical (unpaired) electrons. The molecule has 0 saturated carbocycles. The minimum Gasteiger partial charge on any atom is -0.380 e. The molecule has 2 N–H and O–H groups in total. The van der Waals surface area contributed by atoms with Crippen LogP contribution < -0.4 is 0 Å². The fraction of sp³-hybridized carbons (Fsp3) is 0.0952. The molecule has 6 heteroatoms. The number of aryl methyl sites for hydroxylation is 1. The number of carbonyl (C=O) groups is 1. The molecule has 0 aliphatic carbocycles. The van der Waals surface area contributed by atoms with E-state index in [1.54, 1.807) is 48.5 Å². The summed E-state index contributed by atoms with van der Waals surface area (Å²) in [5, 5.41) is 9.89. The Morgan fingerprint density at radius 2 is 1.15 bits per heavy atom. The highest BCUT2D eigenvalue weighted by molar-refractivity contribution is 7.66. The fourth-order valence-corrected chi connectivity index (χ4v) is 2.08. The second-order valence-electron chi connectivity index (χ2n) is 5.44. The smallest absolute Gasteiger partial charge is 0.254 e. The summed E-state index contributed by atoms with van der Waals surface area (Å²) < 4.78 is 24.2. The van der Waals surface area contributed by atoms with Gasteiger partial charge in [-0.1, -0.05) is 96.6 Å². The van der Waals surface area contributed by atoms with Gasteiger partial charge in [-0.25, -0.2) is 8.42 Å². The lowest BCUT2D eigenvalue weighted by Gasteiger charge is -2.09. The first-order valence-electron chi connectivity index (χ1n) is 8.09. The molecule has 0 aliphatic rings. The van der Waals surface area contributed by atoms with Gasteiger partial charge in [0.1, 0.15) is 6.10 Å². The zero-order chi connectivity index (χ0) is 20.1. The number of thiol groups is 1. The SMILES string of the molecule is Cc1ccccc1.O=C(c1ccccc1)C(O)c1ccccc1.O=[SH](=O)O. The Morgan fingerprint density at radius 3 is 1.52 bits per heavy atom. The van der Waals surface area contributed by atoms with Crippen LogP contribution in [0.3, 0.4) is 0 Å². The van der Waals surface area contributed by atoms with Gasteiger partial charge in [-0.15, -0.1) is 0 Å². The monoisotopic (exact) mass is 386 g/mol. The van der Waals surface area contributed by atoms with Crippen LogP contribution in [-0.2, 0) is 11.0 Å². The fourth-order valence-electron chi connectivity index (χ4n) is 2.08. The van der Waals surface area contributed by atoms with Crippen molar-refractivity contribution in [3.63, 3.8) is 0 Å². The second kappa shape index (κ2) is 12.5. The summed E-state index contributed by atoms with van der Waals surface area (Å²) in [5.74, 6) is -0.271. The van der Waals surface area contributed by atoms with Crippen molar-refractivity contribution in [1.82, 2.24) is 0 Å². The summed E-state index contributed by atoms with van der Waals surface area (Å²) in [6.45, 7) is 2.08. The van der Waals surface area contributed by atoms with Crippen LogP contribution in [0.4, 0.5) is 0 Å². The molecule has 0 bridgehead atoms. The molecular formula is C21H22O5S. The zero-order valence-corrected chi connectivity index (χ0v) is 15.7. The summed E-state index contributed by atoms with van der Waals surface area (Å²) in [6.07, 6.45) is -1.08. The Kier molecular flexibility index (Phi) is 10.3. The highest BCUT2D eigenvalue weighted by Crippen LogP contribution is 2.17. The molecule has 0 saturated heterocycles. The molecular weight excluding hydrogens is 364 g/mol. The number of aliphatic hydroxyl groups is 1. The topological polar surface area (TPSA) is 91.7 Å². The van der Waals surface area contributed by atoms with E-state index < -0.39 is 17.1 Å². The Hall–Kier alpha value is -2.80. The molecule has 5 nitrogen and oxygen atoms in total. The first-order valence-corrected chi connectivity index (χ1v) is 9.22. The molecule has 0 aliphatic heterocycles. The van der Waals surface area contributed by atoms with Gasteiger partial charge in [-0.3, -0.25) is 9.35 Å². The third kappa shape index (κ3) is 9.46. The van der Waals surface area contributed by atoms with Crippen LogP contribution in [0.1, 0.15) is 27.6 Å². The standard InChI is InChI=1S/C14H12O2.C7H8.H2O3S/c15-13(11-7-3-1-4-8-11)14(16)12-9-5-2-6-10-12;1-7-5-3-2-4-6-7;1-4(2)3/h1-10,13,15H;2-6H,1H3;4H,(H,1,2,3). The van der Waals surface area contributed by atoms with Gasteiger partial charge in [0.05, 0.1) is 0 Å². The molecule has 0 amide bonds. The van der Waals surface area contributed by atoms with E-state index in [9.17, 15) is 9.90 Å². The highest BCUT2D eigenvalue weighted by Gasteiger charge is 2.18. The molecule has 142 valence electrons. The molecule has 3 aromatic rings. The van der Waals surface area contributed by atoms with E-state index in [1.165, 1.54) is 5.56 Å². The maximum Gasteiger partial charge on any atom is 0.254 e. The lowest BCUT2D eigenvalue weighted by Crippen LogP contribution is -2.11. The normalized spacial score (nSPS) is 10.7. The Morgan fingerprint density at radius 1 is 0.778 bits per heavy atom. The molecule has 0 spiro atoms. The molecule has 0 heterocycles. The first-order chi connectivity index (χ1) is 12.9. The summed E-state index contributed by atoms with van der Waals surface area (Å²) in [7, 11) is -3.12. The molecule has 3 aromatic carbocycles. The number of aliphatic hydroxyl groups excluding tert-OH is 1. The molecule has 0 fully saturated rings. The number of Topliss-reactive ketones (excluding diaryl/α,β-unsaturated/α-hetero) is 1. The van der Waals surface area contributed by atoms with Crippen molar-refractivity contribution in [2.45, 2.75) is 13.0 Å². The summed E-state index contributed by atoms with van der Waals surface area (Å²) in [6, 6.07) is 28.0. The predicted molar refractivity (Wildman–Crippen MR) is 106 cm³/mol. The minimum absolute atomic E-state index is 0.271. The predicted octanol–water partition coefficient (Wildman–Crippen LogP) is 3.67. The van der Waals surface area contributed by atoms with E-state index in [4.69, 9.17) is 13.0 Å². The van der Waals surface area contributed by atoms with Gasteiger partial charge in [0, 0.05) is 5.56 Å². The van der Waals surface area contributed by atoms with Gasteiger partial charge in [0.15, 0.2) is 5.78 Å². The van der Waals surface area contributed by atoms with E-state index in [2.05, 4.69) is 19.1 Å². The molecule has 0 aromatic heterocycles. The number of hydrogen-bond acceptors (Lipinski definition) is 4. The van der Waals surface area contributed by atoms with Crippen LogP contribution in [0, 0.1) is 6.92 Å². The van der Waals surface area contributed by atoms with Gasteiger partial charge in [0.25, 0.3) is 11.0 Å². The number of ketones is 1. The molecule has 1 atom stereocenters. The van der Waals surface area contributed by atoms with Crippen LogP contribution in [-0.4, -0.2) is 23.9 Å². The summed E-state index contributed by atoms with van der Waals surface area (Å²) >= 11 is 0. The van der Waals surface area contributed by atoms with Crippen molar-refractivity contribution in [3.05, 3.63) is 108 Å². The van der Waals surface area contributed by atoms with Crippen LogP contribution in [0.15, 0.2) is 91.0 Å². The van der Waals surface area contributed by atoms with E-state index in [1.807, 2.05) is 30.3 Å². The van der Waals surface area contributed by atoms with E-state index in [0.29, 0.717) is 11.1 Å². The molecule has 3 rings (SSSR count). The molecule has 27 heavy (non-hydrogen) atoms. The van der Waals surface area contributed by atoms with Crippen molar-refractivity contribution >= 4 is 16.8 Å². The lowest BCUT2D eigenvalue weighted by molar-refractivity contribution is 0.0747. The Bertz CT molecular complexity index is 855. The average molecular weight is 386 g/mol. The van der Waals surface area contributed by atoms with Crippen molar-refractivity contribution < 1.29 is 22.9 Å². The number of rotatable bonds is 3. The van der Waals surface area contributed by atoms with Crippen molar-refractivity contribution in [2.75, 3.05) is 0 Å². The summed E-state index contributed by atoms with van der Waals surface area (Å²) in [5.41, 5.74) is 2.47. The van der Waals surface area contributed by atoms with Gasteiger partial charge < -0.3 is 5.11 Å². The van der Waals surface area contributed by atoms with Gasteiger partial charge in [-0.2, -0.15) is 0 Å². The average Bonchev–Trinajstić information content (AvgIpc) is 2.69. The van der Waals surface area contributed by atoms with E-state index >= 15 is 0 Å².